The molecule has 2 heterocycles. The molecule has 0 spiro atoms. The molecule has 0 amide bonds. The van der Waals surface area contributed by atoms with Crippen LogP contribution in [0, 0.1) is 12.7 Å². The number of imidazole rings is 1. The number of hydrogen-bond acceptors (Lipinski definition) is 3. The topological polar surface area (TPSA) is 54.2 Å². The third-order valence-electron chi connectivity index (χ3n) is 4.71. The Morgan fingerprint density at radius 2 is 2.27 bits per heavy atom. The second kappa shape index (κ2) is 8.12. The minimum atomic E-state index is -0.261. The molecule has 1 atom stereocenters. The van der Waals surface area contributed by atoms with Crippen LogP contribution in [0.15, 0.2) is 35.6 Å². The van der Waals surface area contributed by atoms with E-state index in [4.69, 9.17) is 0 Å². The van der Waals surface area contributed by atoms with E-state index in [0.717, 1.165) is 23.9 Å². The number of aromatic nitrogens is 2. The molecular formula is C19H26FN5S. The van der Waals surface area contributed by atoms with Crippen LogP contribution in [0.3, 0.4) is 0 Å². The highest BCUT2D eigenvalue weighted by molar-refractivity contribution is 8.00. The van der Waals surface area contributed by atoms with Gasteiger partial charge in [-0.15, -0.1) is 0 Å². The lowest BCUT2D eigenvalue weighted by atomic mass is 10.1. The highest BCUT2D eigenvalue weighted by Crippen LogP contribution is 2.36. The predicted octanol–water partition coefficient (Wildman–Crippen LogP) is 3.27. The van der Waals surface area contributed by atoms with Crippen molar-refractivity contribution in [3.63, 3.8) is 0 Å². The van der Waals surface area contributed by atoms with Gasteiger partial charge in [-0.05, 0) is 50.1 Å². The molecule has 3 rings (SSSR count). The van der Waals surface area contributed by atoms with E-state index >= 15 is 0 Å². The molecule has 1 aliphatic heterocycles. The molecule has 0 aliphatic carbocycles. The first kappa shape index (κ1) is 18.8. The zero-order valence-electron chi connectivity index (χ0n) is 15.6. The molecule has 1 saturated heterocycles. The van der Waals surface area contributed by atoms with Gasteiger partial charge in [-0.1, -0.05) is 6.07 Å². The number of aryl methyl sites for hydroxylation is 1. The van der Waals surface area contributed by atoms with Crippen molar-refractivity contribution in [3.8, 4) is 5.69 Å². The van der Waals surface area contributed by atoms with Gasteiger partial charge < -0.3 is 15.2 Å². The Morgan fingerprint density at radius 1 is 1.42 bits per heavy atom. The van der Waals surface area contributed by atoms with Gasteiger partial charge in [-0.25, -0.2) is 9.37 Å². The van der Waals surface area contributed by atoms with Gasteiger partial charge in [0.1, 0.15) is 11.6 Å². The van der Waals surface area contributed by atoms with Gasteiger partial charge in [-0.3, -0.25) is 4.99 Å². The molecule has 0 radical (unpaired) electrons. The van der Waals surface area contributed by atoms with Crippen molar-refractivity contribution in [1.29, 1.82) is 0 Å². The quantitative estimate of drug-likeness (QED) is 0.622. The van der Waals surface area contributed by atoms with Crippen molar-refractivity contribution in [1.82, 2.24) is 20.2 Å². The largest absolute Gasteiger partial charge is 0.355 e. The minimum absolute atomic E-state index is 0.261. The van der Waals surface area contributed by atoms with Gasteiger partial charge >= 0.3 is 0 Å². The number of halogens is 1. The molecule has 1 aromatic heterocycles. The molecule has 26 heavy (non-hydrogen) atoms. The Labute approximate surface area is 158 Å². The second-order valence-electron chi connectivity index (χ2n) is 6.81. The van der Waals surface area contributed by atoms with E-state index in [1.807, 2.05) is 24.8 Å². The summed E-state index contributed by atoms with van der Waals surface area (Å²) >= 11 is 2.01. The SMILES string of the molecule is CN=C(NCc1ccc(-n2ccnc2C)c(F)c1)NCC1(C)CCCS1. The minimum Gasteiger partial charge on any atom is -0.355 e. The van der Waals surface area contributed by atoms with Crippen LogP contribution in [0.5, 0.6) is 0 Å². The predicted molar refractivity (Wildman–Crippen MR) is 107 cm³/mol. The van der Waals surface area contributed by atoms with Crippen LogP contribution in [-0.2, 0) is 6.54 Å². The maximum absolute atomic E-state index is 14.5. The summed E-state index contributed by atoms with van der Waals surface area (Å²) < 4.78 is 16.5. The molecule has 0 saturated carbocycles. The average molecular weight is 376 g/mol. The fraction of sp³-hybridized carbons (Fsp3) is 0.474. The van der Waals surface area contributed by atoms with Gasteiger partial charge in [0.2, 0.25) is 0 Å². The molecule has 140 valence electrons. The summed E-state index contributed by atoms with van der Waals surface area (Å²) in [6.07, 6.45) is 5.93. The van der Waals surface area contributed by atoms with Crippen LogP contribution >= 0.6 is 11.8 Å². The number of nitrogens with zero attached hydrogens (tertiary/aromatic N) is 3. The zero-order chi connectivity index (χ0) is 18.6. The molecule has 0 bridgehead atoms. The highest BCUT2D eigenvalue weighted by atomic mass is 32.2. The van der Waals surface area contributed by atoms with E-state index < -0.39 is 0 Å². The van der Waals surface area contributed by atoms with Crippen LogP contribution in [-0.4, -0.2) is 39.6 Å². The number of aliphatic imine (C=N–C) groups is 1. The summed E-state index contributed by atoms with van der Waals surface area (Å²) in [4.78, 5) is 8.41. The molecular weight excluding hydrogens is 349 g/mol. The standard InChI is InChI=1S/C19H26FN5S/c1-14-22-8-9-25(14)17-6-5-15(11-16(17)20)12-23-18(21-3)24-13-19(2)7-4-10-26-19/h5-6,8-9,11H,4,7,10,12-13H2,1-3H3,(H2,21,23,24). The van der Waals surface area contributed by atoms with Crippen molar-refractivity contribution in [3.05, 3.63) is 47.8 Å². The lowest BCUT2D eigenvalue weighted by Crippen LogP contribution is -2.43. The van der Waals surface area contributed by atoms with Gasteiger partial charge in [0.05, 0.1) is 5.69 Å². The molecule has 2 N–H and O–H groups in total. The molecule has 1 aliphatic rings. The van der Waals surface area contributed by atoms with Crippen LogP contribution in [0.25, 0.3) is 5.69 Å². The fourth-order valence-corrected chi connectivity index (χ4v) is 4.39. The summed E-state index contributed by atoms with van der Waals surface area (Å²) in [5.41, 5.74) is 1.38. The second-order valence-corrected chi connectivity index (χ2v) is 8.49. The van der Waals surface area contributed by atoms with Crippen molar-refractivity contribution < 1.29 is 4.39 Å². The molecule has 1 unspecified atom stereocenters. The summed E-state index contributed by atoms with van der Waals surface area (Å²) in [7, 11) is 1.75. The van der Waals surface area contributed by atoms with E-state index in [9.17, 15) is 4.39 Å². The van der Waals surface area contributed by atoms with Crippen LogP contribution in [0.2, 0.25) is 0 Å². The maximum Gasteiger partial charge on any atom is 0.191 e. The van der Waals surface area contributed by atoms with Gasteiger partial charge in [0.15, 0.2) is 5.96 Å². The van der Waals surface area contributed by atoms with Crippen LogP contribution in [0.4, 0.5) is 4.39 Å². The van der Waals surface area contributed by atoms with Crippen molar-refractivity contribution in [2.75, 3.05) is 19.3 Å². The Hall–Kier alpha value is -2.02. The average Bonchev–Trinajstić information content (AvgIpc) is 3.24. The summed E-state index contributed by atoms with van der Waals surface area (Å²) in [5.74, 6) is 2.47. The Morgan fingerprint density at radius 3 is 2.88 bits per heavy atom. The van der Waals surface area contributed by atoms with E-state index in [2.05, 4.69) is 27.5 Å². The zero-order valence-corrected chi connectivity index (χ0v) is 16.4. The third-order valence-corrected chi connectivity index (χ3v) is 6.25. The number of nitrogens with one attached hydrogen (secondary N) is 2. The number of benzene rings is 1. The number of rotatable bonds is 5. The summed E-state index contributed by atoms with van der Waals surface area (Å²) in [6, 6.07) is 5.27. The number of guanidine groups is 1. The smallest absolute Gasteiger partial charge is 0.191 e. The Balaban J connectivity index is 1.58. The Kier molecular flexibility index (Phi) is 5.86. The van der Waals surface area contributed by atoms with Crippen molar-refractivity contribution in [2.24, 2.45) is 4.99 Å². The molecule has 5 nitrogen and oxygen atoms in total. The lowest BCUT2D eigenvalue weighted by molar-refractivity contribution is 0.584. The molecule has 7 heteroatoms. The van der Waals surface area contributed by atoms with Gasteiger partial charge in [0, 0.05) is 37.3 Å². The Bertz CT molecular complexity index is 780. The first-order chi connectivity index (χ1) is 12.5. The lowest BCUT2D eigenvalue weighted by Gasteiger charge is -2.24. The van der Waals surface area contributed by atoms with Gasteiger partial charge in [0.25, 0.3) is 0 Å². The number of thioether (sulfide) groups is 1. The third kappa shape index (κ3) is 4.38. The van der Waals surface area contributed by atoms with Crippen molar-refractivity contribution in [2.45, 2.75) is 38.0 Å². The normalized spacial score (nSPS) is 20.4. The monoisotopic (exact) mass is 375 g/mol. The fourth-order valence-electron chi connectivity index (χ4n) is 3.14. The van der Waals surface area contributed by atoms with E-state index in [1.165, 1.54) is 18.6 Å². The maximum atomic E-state index is 14.5. The summed E-state index contributed by atoms with van der Waals surface area (Å²) in [5, 5.41) is 6.65. The van der Waals surface area contributed by atoms with E-state index in [0.29, 0.717) is 12.2 Å². The highest BCUT2D eigenvalue weighted by Gasteiger charge is 2.29. The number of hydrogen-bond donors (Lipinski definition) is 2. The first-order valence-corrected chi connectivity index (χ1v) is 9.86. The molecule has 2 aromatic rings. The van der Waals surface area contributed by atoms with Crippen LogP contribution < -0.4 is 10.6 Å². The summed E-state index contributed by atoms with van der Waals surface area (Å²) in [6.45, 7) is 5.54. The van der Waals surface area contributed by atoms with E-state index in [1.54, 1.807) is 36.1 Å². The first-order valence-electron chi connectivity index (χ1n) is 8.88. The molecule has 1 fully saturated rings. The van der Waals surface area contributed by atoms with Crippen LogP contribution in [0.1, 0.15) is 31.2 Å². The van der Waals surface area contributed by atoms with E-state index in [-0.39, 0.29) is 10.6 Å². The molecule has 1 aromatic carbocycles. The van der Waals surface area contributed by atoms with Crippen molar-refractivity contribution >= 4 is 17.7 Å². The van der Waals surface area contributed by atoms with Gasteiger partial charge in [-0.2, -0.15) is 11.8 Å².